The smallest absolute Gasteiger partial charge is 0.170 e. The van der Waals surface area contributed by atoms with Crippen LogP contribution in [0.3, 0.4) is 0 Å². The van der Waals surface area contributed by atoms with Crippen molar-refractivity contribution >= 4 is 0 Å². The molecule has 0 saturated carbocycles. The van der Waals surface area contributed by atoms with Crippen molar-refractivity contribution in [1.82, 2.24) is 0 Å². The molecule has 0 nitrogen and oxygen atoms in total. The maximum Gasteiger partial charge on any atom is 0.406 e. The number of hydrogen-bond donors (Lipinski definition) is 0. The molecule has 0 saturated heterocycles. The number of benzene rings is 2. The number of rotatable bonds is 7. The van der Waals surface area contributed by atoms with Crippen LogP contribution in [0.1, 0.15) is 101 Å². The minimum absolute atomic E-state index is 0.0480. The molecule has 2 atom stereocenters. The second-order valence-corrected chi connectivity index (χ2v) is 12.4. The molecule has 0 spiro atoms. The third kappa shape index (κ3) is 8.28. The van der Waals surface area contributed by atoms with Crippen molar-refractivity contribution in [2.75, 3.05) is 0 Å². The lowest BCUT2D eigenvalue weighted by atomic mass is 9.73. The van der Waals surface area contributed by atoms with E-state index in [9.17, 15) is 79.0 Å². The fraction of sp³-hybridized carbons (Fsp3) is 0.625. The molecule has 0 heterocycles. The van der Waals surface area contributed by atoms with E-state index in [1.807, 2.05) is 13.8 Å². The van der Waals surface area contributed by atoms with Crippen molar-refractivity contribution in [2.24, 2.45) is 0 Å². The topological polar surface area (TPSA) is 0 Å². The first-order valence-electron chi connectivity index (χ1n) is 14.7. The summed E-state index contributed by atoms with van der Waals surface area (Å²) in [7, 11) is 0. The van der Waals surface area contributed by atoms with Crippen molar-refractivity contribution in [3.8, 4) is 0 Å². The van der Waals surface area contributed by atoms with Crippen LogP contribution in [0.4, 0.5) is 79.0 Å². The quantitative estimate of drug-likeness (QED) is 0.247. The number of hydrogen-bond acceptors (Lipinski definition) is 0. The molecular formula is C32H34F18. The maximum absolute atomic E-state index is 13.4. The van der Waals surface area contributed by atoms with Gasteiger partial charge in [0.1, 0.15) is 0 Å². The van der Waals surface area contributed by atoms with Crippen molar-refractivity contribution in [3.05, 3.63) is 70.3 Å². The van der Waals surface area contributed by atoms with E-state index in [2.05, 4.69) is 0 Å². The fourth-order valence-electron chi connectivity index (χ4n) is 4.59. The lowest BCUT2D eigenvalue weighted by Gasteiger charge is -2.38. The average Bonchev–Trinajstić information content (AvgIpc) is 2.95. The van der Waals surface area contributed by atoms with Gasteiger partial charge in [0, 0.05) is 0 Å². The molecule has 0 aliphatic heterocycles. The summed E-state index contributed by atoms with van der Waals surface area (Å²) in [5.41, 5.74) is -17.3. The molecule has 2 aromatic rings. The van der Waals surface area contributed by atoms with Gasteiger partial charge in [-0.1, -0.05) is 70.2 Å². The highest BCUT2D eigenvalue weighted by Gasteiger charge is 2.71. The Labute approximate surface area is 276 Å². The van der Waals surface area contributed by atoms with Gasteiger partial charge in [0.15, 0.2) is 16.2 Å². The van der Waals surface area contributed by atoms with Crippen LogP contribution in [-0.2, 0) is 16.2 Å². The van der Waals surface area contributed by atoms with E-state index < -0.39 is 81.5 Å². The summed E-state index contributed by atoms with van der Waals surface area (Å²) >= 11 is 0. The molecule has 2 unspecified atom stereocenters. The first kappa shape index (κ1) is 45.2. The standard InChI is InChI=1S/C18H18F12.C14H16F6/c1-5-9(2)10-6-11(13(3,15(19,20)21)16(22,23)24)8-12(7-10)14(4,17(25,26)27)18(28,29)30;1-4-9(2)10-5-7-11(8-6-10)12(3,13(15,16)17)14(18,19)20/h6-9H,5H2,1-4H3;5-9H,4H2,1-3H3. The molecule has 18 heteroatoms. The first-order chi connectivity index (χ1) is 22.0. The van der Waals surface area contributed by atoms with Gasteiger partial charge in [-0.3, -0.25) is 0 Å². The Morgan fingerprint density at radius 2 is 0.620 bits per heavy atom. The normalized spacial score (nSPS) is 15.7. The van der Waals surface area contributed by atoms with E-state index in [0.717, 1.165) is 24.1 Å². The molecule has 0 amide bonds. The van der Waals surface area contributed by atoms with Crippen LogP contribution in [-0.4, -0.2) is 37.1 Å². The Bertz CT molecular complexity index is 1300. The van der Waals surface area contributed by atoms with Crippen molar-refractivity contribution in [1.29, 1.82) is 0 Å². The van der Waals surface area contributed by atoms with E-state index in [1.165, 1.54) is 26.0 Å². The molecule has 2 rings (SSSR count). The number of halogens is 18. The van der Waals surface area contributed by atoms with Gasteiger partial charge in [-0.05, 0) is 73.3 Å². The molecule has 0 aromatic heterocycles. The predicted octanol–water partition coefficient (Wildman–Crippen LogP) is 13.5. The van der Waals surface area contributed by atoms with E-state index in [4.69, 9.17) is 0 Å². The summed E-state index contributed by atoms with van der Waals surface area (Å²) in [5, 5.41) is 0. The van der Waals surface area contributed by atoms with E-state index in [0.29, 0.717) is 12.1 Å². The summed E-state index contributed by atoms with van der Waals surface area (Å²) in [4.78, 5) is 0. The molecule has 50 heavy (non-hydrogen) atoms. The SMILES string of the molecule is CCC(C)c1cc(C(C)(C(F)(F)F)C(F)(F)F)cc(C(C)(C(F)(F)F)C(F)(F)F)c1.CCC(C)c1ccc(C(C)(C(F)(F)F)C(F)(F)F)cc1. The first-order valence-corrected chi connectivity index (χ1v) is 14.7. The molecule has 0 aliphatic rings. The van der Waals surface area contributed by atoms with Gasteiger partial charge >= 0.3 is 37.1 Å². The van der Waals surface area contributed by atoms with Crippen molar-refractivity contribution in [2.45, 2.75) is 126 Å². The van der Waals surface area contributed by atoms with E-state index >= 15 is 0 Å². The zero-order valence-corrected chi connectivity index (χ0v) is 27.4. The van der Waals surface area contributed by atoms with Gasteiger partial charge in [0.05, 0.1) is 0 Å². The summed E-state index contributed by atoms with van der Waals surface area (Å²) in [5.74, 6) is -0.813. The van der Waals surface area contributed by atoms with Crippen LogP contribution in [0, 0.1) is 0 Å². The second-order valence-electron chi connectivity index (χ2n) is 12.4. The third-order valence-electron chi connectivity index (χ3n) is 9.36. The molecule has 0 N–H and O–H groups in total. The van der Waals surface area contributed by atoms with E-state index in [1.54, 1.807) is 0 Å². The largest absolute Gasteiger partial charge is 0.406 e. The van der Waals surface area contributed by atoms with Gasteiger partial charge in [0.25, 0.3) is 0 Å². The second kappa shape index (κ2) is 14.3. The molecule has 0 bridgehead atoms. The van der Waals surface area contributed by atoms with Crippen LogP contribution in [0.15, 0.2) is 42.5 Å². The fourth-order valence-corrected chi connectivity index (χ4v) is 4.59. The minimum Gasteiger partial charge on any atom is -0.170 e. The van der Waals surface area contributed by atoms with E-state index in [-0.39, 0.29) is 39.2 Å². The van der Waals surface area contributed by atoms with Crippen LogP contribution in [0.5, 0.6) is 0 Å². The highest BCUT2D eigenvalue weighted by atomic mass is 19.4. The summed E-state index contributed by atoms with van der Waals surface area (Å²) in [6, 6.07) is 4.94. The Hall–Kier alpha value is -2.82. The molecule has 2 aromatic carbocycles. The Morgan fingerprint density at radius 1 is 0.380 bits per heavy atom. The highest BCUT2D eigenvalue weighted by Crippen LogP contribution is 2.56. The monoisotopic (exact) mass is 760 g/mol. The zero-order valence-electron chi connectivity index (χ0n) is 27.4. The summed E-state index contributed by atoms with van der Waals surface area (Å²) < 4.78 is 239. The Kier molecular flexibility index (Phi) is 12.9. The predicted molar refractivity (Wildman–Crippen MR) is 149 cm³/mol. The lowest BCUT2D eigenvalue weighted by Crippen LogP contribution is -2.53. The molecule has 0 fully saturated rings. The van der Waals surface area contributed by atoms with Crippen LogP contribution >= 0.6 is 0 Å². The molecule has 0 radical (unpaired) electrons. The van der Waals surface area contributed by atoms with Crippen molar-refractivity contribution in [3.63, 3.8) is 0 Å². The van der Waals surface area contributed by atoms with Crippen LogP contribution < -0.4 is 0 Å². The van der Waals surface area contributed by atoms with Gasteiger partial charge in [-0.2, -0.15) is 79.0 Å². The molecule has 288 valence electrons. The van der Waals surface area contributed by atoms with Gasteiger partial charge in [-0.25, -0.2) is 0 Å². The van der Waals surface area contributed by atoms with Gasteiger partial charge < -0.3 is 0 Å². The third-order valence-corrected chi connectivity index (χ3v) is 9.36. The van der Waals surface area contributed by atoms with Crippen LogP contribution in [0.2, 0.25) is 0 Å². The Balaban J connectivity index is 0.000000542. The van der Waals surface area contributed by atoms with Crippen molar-refractivity contribution < 1.29 is 79.0 Å². The van der Waals surface area contributed by atoms with Crippen LogP contribution in [0.25, 0.3) is 0 Å². The number of alkyl halides is 18. The molecule has 0 aliphatic carbocycles. The van der Waals surface area contributed by atoms with Gasteiger partial charge in [-0.15, -0.1) is 0 Å². The Morgan fingerprint density at radius 3 is 0.860 bits per heavy atom. The van der Waals surface area contributed by atoms with Gasteiger partial charge in [0.2, 0.25) is 0 Å². The summed E-state index contributed by atoms with van der Waals surface area (Å²) in [6.45, 7) is 5.99. The lowest BCUT2D eigenvalue weighted by molar-refractivity contribution is -0.299. The molecular weight excluding hydrogens is 726 g/mol. The summed E-state index contributed by atoms with van der Waals surface area (Å²) in [6.07, 6.45) is -34.1. The zero-order chi connectivity index (χ0) is 39.9. The minimum atomic E-state index is -6.04. The average molecular weight is 761 g/mol. The highest BCUT2D eigenvalue weighted by molar-refractivity contribution is 5.43. The maximum atomic E-state index is 13.4.